The number of nitrogens with zero attached hydrogens (tertiary/aromatic N) is 3. The fourth-order valence-corrected chi connectivity index (χ4v) is 3.76. The van der Waals surface area contributed by atoms with E-state index in [0.29, 0.717) is 5.92 Å². The van der Waals surface area contributed by atoms with E-state index in [0.717, 1.165) is 55.7 Å². The molecule has 0 radical (unpaired) electrons. The van der Waals surface area contributed by atoms with E-state index < -0.39 is 5.60 Å². The van der Waals surface area contributed by atoms with Crippen molar-refractivity contribution in [1.29, 1.82) is 0 Å². The number of aromatic nitrogens is 2. The van der Waals surface area contributed by atoms with Crippen LogP contribution in [0.5, 0.6) is 0 Å². The van der Waals surface area contributed by atoms with Gasteiger partial charge in [0.15, 0.2) is 0 Å². The molecule has 2 aromatic rings. The standard InChI is InChI=1S/C18H22FN3O/c1-21-10-14(17(20-21)13-3-2-4-16(19)9-13)11-22-8-7-18(23,12-22)15-5-6-15/h2-4,9-10,15,23H,5-8,11-12H2,1H3. The van der Waals surface area contributed by atoms with Gasteiger partial charge < -0.3 is 5.11 Å². The average molecular weight is 315 g/mol. The molecule has 0 amide bonds. The molecule has 1 N–H and O–H groups in total. The molecule has 1 aliphatic heterocycles. The van der Waals surface area contributed by atoms with Crippen LogP contribution in [-0.2, 0) is 13.6 Å². The number of benzene rings is 1. The first-order valence-electron chi connectivity index (χ1n) is 8.27. The van der Waals surface area contributed by atoms with Gasteiger partial charge in [-0.1, -0.05) is 12.1 Å². The Hall–Kier alpha value is -1.72. The molecule has 5 heteroatoms. The van der Waals surface area contributed by atoms with Gasteiger partial charge in [-0.25, -0.2) is 4.39 Å². The van der Waals surface area contributed by atoms with Gasteiger partial charge in [0.05, 0.1) is 11.3 Å². The summed E-state index contributed by atoms with van der Waals surface area (Å²) in [6, 6.07) is 6.57. The minimum Gasteiger partial charge on any atom is -0.388 e. The quantitative estimate of drug-likeness (QED) is 0.943. The Morgan fingerprint density at radius 3 is 2.96 bits per heavy atom. The monoisotopic (exact) mass is 315 g/mol. The van der Waals surface area contributed by atoms with E-state index in [9.17, 15) is 9.50 Å². The summed E-state index contributed by atoms with van der Waals surface area (Å²) in [5.74, 6) is 0.243. The SMILES string of the molecule is Cn1cc(CN2CCC(O)(C3CC3)C2)c(-c2cccc(F)c2)n1. The number of rotatable bonds is 4. The number of hydrogen-bond acceptors (Lipinski definition) is 3. The molecule has 2 aliphatic rings. The van der Waals surface area contributed by atoms with E-state index in [2.05, 4.69) is 10.00 Å². The third-order valence-electron chi connectivity index (χ3n) is 5.09. The number of hydrogen-bond donors (Lipinski definition) is 1. The van der Waals surface area contributed by atoms with Gasteiger partial charge in [0.25, 0.3) is 0 Å². The smallest absolute Gasteiger partial charge is 0.123 e. The molecular weight excluding hydrogens is 293 g/mol. The van der Waals surface area contributed by atoms with Crippen LogP contribution in [0.4, 0.5) is 4.39 Å². The van der Waals surface area contributed by atoms with E-state index >= 15 is 0 Å². The first-order chi connectivity index (χ1) is 11.0. The van der Waals surface area contributed by atoms with Crippen molar-refractivity contribution in [2.75, 3.05) is 13.1 Å². The Morgan fingerprint density at radius 1 is 1.39 bits per heavy atom. The summed E-state index contributed by atoms with van der Waals surface area (Å²) >= 11 is 0. The van der Waals surface area contributed by atoms with Gasteiger partial charge >= 0.3 is 0 Å². The second-order valence-corrected chi connectivity index (χ2v) is 7.03. The predicted molar refractivity (Wildman–Crippen MR) is 86.2 cm³/mol. The van der Waals surface area contributed by atoms with Crippen LogP contribution in [0.15, 0.2) is 30.5 Å². The minimum absolute atomic E-state index is 0.247. The molecule has 0 spiro atoms. The van der Waals surface area contributed by atoms with Gasteiger partial charge in [-0.3, -0.25) is 9.58 Å². The van der Waals surface area contributed by atoms with Crippen molar-refractivity contribution in [1.82, 2.24) is 14.7 Å². The second kappa shape index (κ2) is 5.42. The molecule has 1 aliphatic carbocycles. The number of aliphatic hydroxyl groups is 1. The Morgan fingerprint density at radius 2 is 2.22 bits per heavy atom. The summed E-state index contributed by atoms with van der Waals surface area (Å²) in [5, 5.41) is 15.2. The van der Waals surface area contributed by atoms with Crippen molar-refractivity contribution in [3.05, 3.63) is 41.8 Å². The van der Waals surface area contributed by atoms with Gasteiger partial charge in [0.1, 0.15) is 5.82 Å². The van der Waals surface area contributed by atoms with Gasteiger partial charge in [0.2, 0.25) is 0 Å². The van der Waals surface area contributed by atoms with Gasteiger partial charge in [-0.05, 0) is 37.3 Å². The van der Waals surface area contributed by atoms with Crippen molar-refractivity contribution in [2.24, 2.45) is 13.0 Å². The van der Waals surface area contributed by atoms with E-state index in [1.165, 1.54) is 12.1 Å². The summed E-state index contributed by atoms with van der Waals surface area (Å²) in [6.07, 6.45) is 5.17. The summed E-state index contributed by atoms with van der Waals surface area (Å²) < 4.78 is 15.3. The third kappa shape index (κ3) is 2.91. The van der Waals surface area contributed by atoms with E-state index in [1.54, 1.807) is 10.7 Å². The largest absolute Gasteiger partial charge is 0.388 e. The maximum Gasteiger partial charge on any atom is 0.123 e. The second-order valence-electron chi connectivity index (χ2n) is 7.03. The van der Waals surface area contributed by atoms with Crippen LogP contribution in [-0.4, -0.2) is 38.5 Å². The van der Waals surface area contributed by atoms with Crippen LogP contribution in [0.25, 0.3) is 11.3 Å². The van der Waals surface area contributed by atoms with Crippen molar-refractivity contribution in [3.8, 4) is 11.3 Å². The summed E-state index contributed by atoms with van der Waals surface area (Å²) in [5.41, 5.74) is 2.21. The molecule has 4 rings (SSSR count). The zero-order valence-corrected chi connectivity index (χ0v) is 13.4. The van der Waals surface area contributed by atoms with Crippen LogP contribution in [0.1, 0.15) is 24.8 Å². The Bertz CT molecular complexity index is 725. The van der Waals surface area contributed by atoms with E-state index in [1.807, 2.05) is 19.3 Å². The van der Waals surface area contributed by atoms with Gasteiger partial charge in [0, 0.05) is 44.0 Å². The maximum atomic E-state index is 13.5. The molecule has 1 saturated carbocycles. The van der Waals surface area contributed by atoms with Crippen LogP contribution < -0.4 is 0 Å². The van der Waals surface area contributed by atoms with Gasteiger partial charge in [-0.15, -0.1) is 0 Å². The molecule has 122 valence electrons. The van der Waals surface area contributed by atoms with Crippen LogP contribution in [0.2, 0.25) is 0 Å². The highest BCUT2D eigenvalue weighted by Crippen LogP contribution is 2.44. The van der Waals surface area contributed by atoms with Crippen LogP contribution >= 0.6 is 0 Å². The third-order valence-corrected chi connectivity index (χ3v) is 5.09. The highest BCUT2D eigenvalue weighted by Gasteiger charge is 2.47. The molecule has 23 heavy (non-hydrogen) atoms. The fourth-order valence-electron chi connectivity index (χ4n) is 3.76. The normalized spacial score (nSPS) is 25.2. The zero-order valence-electron chi connectivity index (χ0n) is 13.4. The summed E-state index contributed by atoms with van der Waals surface area (Å²) in [6.45, 7) is 2.38. The summed E-state index contributed by atoms with van der Waals surface area (Å²) in [7, 11) is 1.89. The molecule has 4 nitrogen and oxygen atoms in total. The Kier molecular flexibility index (Phi) is 3.50. The number of aryl methyl sites for hydroxylation is 1. The highest BCUT2D eigenvalue weighted by atomic mass is 19.1. The van der Waals surface area contributed by atoms with Crippen molar-refractivity contribution in [3.63, 3.8) is 0 Å². The van der Waals surface area contributed by atoms with Crippen molar-refractivity contribution in [2.45, 2.75) is 31.4 Å². The molecule has 2 heterocycles. The average Bonchev–Trinajstić information content (AvgIpc) is 3.22. The minimum atomic E-state index is -0.499. The van der Waals surface area contributed by atoms with Crippen LogP contribution in [0.3, 0.4) is 0 Å². The highest BCUT2D eigenvalue weighted by molar-refractivity contribution is 5.62. The van der Waals surface area contributed by atoms with Gasteiger partial charge in [-0.2, -0.15) is 5.10 Å². The topological polar surface area (TPSA) is 41.3 Å². The lowest BCUT2D eigenvalue weighted by atomic mass is 9.97. The number of β-amino-alcohol motifs (C(OH)–C–C–N with tert-alkyl or cyclic N) is 1. The van der Waals surface area contributed by atoms with E-state index in [4.69, 9.17) is 0 Å². The number of halogens is 1. The first-order valence-corrected chi connectivity index (χ1v) is 8.27. The summed E-state index contributed by atoms with van der Waals surface area (Å²) in [4.78, 5) is 2.29. The van der Waals surface area contributed by atoms with Crippen LogP contribution in [0, 0.1) is 11.7 Å². The molecule has 1 saturated heterocycles. The molecular formula is C18H22FN3O. The lowest BCUT2D eigenvalue weighted by Crippen LogP contribution is -2.35. The molecule has 1 unspecified atom stereocenters. The lowest BCUT2D eigenvalue weighted by molar-refractivity contribution is 0.0263. The van der Waals surface area contributed by atoms with E-state index in [-0.39, 0.29) is 5.82 Å². The molecule has 1 atom stereocenters. The van der Waals surface area contributed by atoms with Crippen molar-refractivity contribution >= 4 is 0 Å². The maximum absolute atomic E-state index is 13.5. The molecule has 0 bridgehead atoms. The molecule has 1 aromatic heterocycles. The molecule has 2 fully saturated rings. The molecule has 1 aromatic carbocycles. The Labute approximate surface area is 135 Å². The zero-order chi connectivity index (χ0) is 16.0. The fraction of sp³-hybridized carbons (Fsp3) is 0.500. The van der Waals surface area contributed by atoms with Crippen molar-refractivity contribution < 1.29 is 9.50 Å². The predicted octanol–water partition coefficient (Wildman–Crippen LogP) is 2.57. The number of likely N-dealkylation sites (tertiary alicyclic amines) is 1. The first kappa shape index (κ1) is 14.8. The Balaban J connectivity index is 1.56. The lowest BCUT2D eigenvalue weighted by Gasteiger charge is -2.23.